The van der Waals surface area contributed by atoms with Crippen molar-refractivity contribution in [2.24, 2.45) is 10.8 Å². The number of benzene rings is 2. The maximum Gasteiger partial charge on any atom is 0.236 e. The van der Waals surface area contributed by atoms with Crippen LogP contribution in [0.1, 0.15) is 45.6 Å². The number of hydrogen-bond donors (Lipinski definition) is 0. The molecule has 0 spiro atoms. The first-order chi connectivity index (χ1) is 15.5. The summed E-state index contributed by atoms with van der Waals surface area (Å²) in [6.45, 7) is 9.58. The molecule has 1 aliphatic heterocycles. The van der Waals surface area contributed by atoms with Gasteiger partial charge in [-0.25, -0.2) is 8.42 Å². The smallest absolute Gasteiger partial charge is 0.236 e. The number of anilines is 1. The molecule has 2 fully saturated rings. The maximum atomic E-state index is 13.8. The first-order valence-corrected chi connectivity index (χ1v) is 13.2. The van der Waals surface area contributed by atoms with E-state index >= 15 is 0 Å². The average molecular weight is 485 g/mol. The molecule has 33 heavy (non-hydrogen) atoms. The van der Waals surface area contributed by atoms with Crippen LogP contribution in [0.4, 0.5) is 5.88 Å². The monoisotopic (exact) mass is 484 g/mol. The third-order valence-corrected chi connectivity index (χ3v) is 8.85. The number of rotatable bonds is 4. The molecule has 2 aromatic carbocycles. The highest BCUT2D eigenvalue weighted by Gasteiger charge is 2.51. The molecule has 2 bridgehead atoms. The molecule has 2 aliphatic rings. The highest BCUT2D eigenvalue weighted by molar-refractivity contribution is 7.91. The fourth-order valence-electron chi connectivity index (χ4n) is 5.90. The fraction of sp³-hybridized carbons (Fsp3) is 0.423. The lowest BCUT2D eigenvalue weighted by molar-refractivity contribution is 0.136. The number of oxazole rings is 1. The minimum absolute atomic E-state index is 0.00902. The van der Waals surface area contributed by atoms with Gasteiger partial charge in [-0.15, -0.1) is 0 Å². The second-order valence-corrected chi connectivity index (χ2v) is 13.1. The summed E-state index contributed by atoms with van der Waals surface area (Å²) in [6, 6.07) is 14.2. The summed E-state index contributed by atoms with van der Waals surface area (Å²) >= 11 is 6.05. The number of hydrogen-bond acceptors (Lipinski definition) is 5. The molecule has 0 radical (unpaired) electrons. The standard InChI is InChI=1S/C26H29ClN2O3S/c1-17-5-11-21(12-6-17)33(30,31)23-24(32-22(28-23)18-7-9-19(27)10-8-18)29-16-26(4)14-20(29)13-25(2,3)15-26/h5-12,20H,13-16H2,1-4H3. The Morgan fingerprint density at radius 2 is 1.70 bits per heavy atom. The van der Waals surface area contributed by atoms with Crippen LogP contribution in [0.3, 0.4) is 0 Å². The molecule has 7 heteroatoms. The van der Waals surface area contributed by atoms with Crippen LogP contribution < -0.4 is 4.90 Å². The van der Waals surface area contributed by atoms with E-state index in [9.17, 15) is 8.42 Å². The second kappa shape index (κ2) is 7.60. The van der Waals surface area contributed by atoms with Crippen molar-refractivity contribution < 1.29 is 12.8 Å². The number of aromatic nitrogens is 1. The van der Waals surface area contributed by atoms with Crippen LogP contribution in [-0.2, 0) is 9.84 Å². The van der Waals surface area contributed by atoms with Crippen molar-refractivity contribution in [2.45, 2.75) is 62.9 Å². The molecular formula is C26H29ClN2O3S. The summed E-state index contributed by atoms with van der Waals surface area (Å²) in [4.78, 5) is 6.94. The molecule has 3 aromatic rings. The molecule has 2 unspecified atom stereocenters. The zero-order valence-corrected chi connectivity index (χ0v) is 21.0. The Kier molecular flexibility index (Phi) is 5.18. The Balaban J connectivity index is 1.65. The van der Waals surface area contributed by atoms with E-state index in [-0.39, 0.29) is 26.8 Å². The molecule has 1 aromatic heterocycles. The topological polar surface area (TPSA) is 63.4 Å². The third kappa shape index (κ3) is 4.08. The van der Waals surface area contributed by atoms with Gasteiger partial charge in [0.25, 0.3) is 0 Å². The van der Waals surface area contributed by atoms with Gasteiger partial charge in [-0.1, -0.05) is 50.1 Å². The Bertz CT molecular complexity index is 1300. The molecule has 2 atom stereocenters. The van der Waals surface area contributed by atoms with Crippen molar-refractivity contribution in [3.05, 3.63) is 59.1 Å². The van der Waals surface area contributed by atoms with Gasteiger partial charge < -0.3 is 9.32 Å². The van der Waals surface area contributed by atoms with Crippen LogP contribution in [0, 0.1) is 17.8 Å². The van der Waals surface area contributed by atoms with Gasteiger partial charge in [-0.05, 0) is 73.4 Å². The van der Waals surface area contributed by atoms with Crippen molar-refractivity contribution in [1.82, 2.24) is 4.98 Å². The molecule has 1 saturated heterocycles. The minimum Gasteiger partial charge on any atom is -0.419 e. The summed E-state index contributed by atoms with van der Waals surface area (Å²) in [6.07, 6.45) is 3.12. The summed E-state index contributed by atoms with van der Waals surface area (Å²) < 4.78 is 33.8. The lowest BCUT2D eigenvalue weighted by atomic mass is 9.65. The van der Waals surface area contributed by atoms with Crippen molar-refractivity contribution >= 4 is 27.3 Å². The Morgan fingerprint density at radius 1 is 1.03 bits per heavy atom. The van der Waals surface area contributed by atoms with Gasteiger partial charge in [0.05, 0.1) is 4.90 Å². The normalized spacial score (nSPS) is 24.3. The molecule has 5 nitrogen and oxygen atoms in total. The van der Waals surface area contributed by atoms with Gasteiger partial charge in [0.1, 0.15) is 0 Å². The van der Waals surface area contributed by atoms with E-state index in [1.165, 1.54) is 0 Å². The first-order valence-electron chi connectivity index (χ1n) is 11.3. The number of nitrogens with zero attached hydrogens (tertiary/aromatic N) is 2. The van der Waals surface area contributed by atoms with Crippen LogP contribution in [0.25, 0.3) is 11.5 Å². The van der Waals surface area contributed by atoms with Gasteiger partial charge in [0.2, 0.25) is 26.6 Å². The van der Waals surface area contributed by atoms with Gasteiger partial charge >= 0.3 is 0 Å². The largest absolute Gasteiger partial charge is 0.419 e. The third-order valence-electron chi connectivity index (χ3n) is 6.93. The van der Waals surface area contributed by atoms with E-state index in [2.05, 4.69) is 30.7 Å². The van der Waals surface area contributed by atoms with Gasteiger partial charge in [-0.3, -0.25) is 0 Å². The predicted molar refractivity (Wildman–Crippen MR) is 130 cm³/mol. The van der Waals surface area contributed by atoms with Crippen molar-refractivity contribution in [3.8, 4) is 11.5 Å². The highest BCUT2D eigenvalue weighted by atomic mass is 35.5. The number of halogens is 1. The van der Waals surface area contributed by atoms with Gasteiger partial charge in [-0.2, -0.15) is 4.98 Å². The van der Waals surface area contributed by atoms with Crippen molar-refractivity contribution in [3.63, 3.8) is 0 Å². The van der Waals surface area contributed by atoms with Crippen LogP contribution in [-0.4, -0.2) is 26.0 Å². The fourth-order valence-corrected chi connectivity index (χ4v) is 7.33. The average Bonchev–Trinajstić information content (AvgIpc) is 3.27. The Labute approximate surface area is 200 Å². The summed E-state index contributed by atoms with van der Waals surface area (Å²) in [5.74, 6) is 0.644. The number of aryl methyl sites for hydroxylation is 1. The zero-order chi connectivity index (χ0) is 23.6. The molecule has 1 aliphatic carbocycles. The minimum atomic E-state index is -3.87. The quantitative estimate of drug-likeness (QED) is 0.420. The molecule has 2 heterocycles. The highest BCUT2D eigenvalue weighted by Crippen LogP contribution is 2.54. The summed E-state index contributed by atoms with van der Waals surface area (Å²) in [5, 5.41) is 0.590. The molecule has 5 rings (SSSR count). The van der Waals surface area contributed by atoms with Gasteiger partial charge in [0.15, 0.2) is 0 Å². The molecule has 174 valence electrons. The summed E-state index contributed by atoms with van der Waals surface area (Å²) in [5.41, 5.74) is 2.01. The van der Waals surface area contributed by atoms with Crippen LogP contribution >= 0.6 is 11.6 Å². The van der Waals surface area contributed by atoms with Gasteiger partial charge in [0, 0.05) is 23.2 Å². The molecule has 0 N–H and O–H groups in total. The summed E-state index contributed by atoms with van der Waals surface area (Å²) in [7, 11) is -3.87. The predicted octanol–water partition coefficient (Wildman–Crippen LogP) is 6.54. The van der Waals surface area contributed by atoms with Crippen LogP contribution in [0.15, 0.2) is 62.9 Å². The SMILES string of the molecule is Cc1ccc(S(=O)(=O)c2nc(-c3ccc(Cl)cc3)oc2N2CC3(C)CC2CC(C)(C)C3)cc1. The molecular weight excluding hydrogens is 456 g/mol. The molecule has 1 saturated carbocycles. The Morgan fingerprint density at radius 3 is 2.36 bits per heavy atom. The van der Waals surface area contributed by atoms with E-state index in [1.807, 2.05) is 6.92 Å². The number of sulfone groups is 1. The first kappa shape index (κ1) is 22.5. The van der Waals surface area contributed by atoms with E-state index in [4.69, 9.17) is 16.0 Å². The van der Waals surface area contributed by atoms with E-state index in [1.54, 1.807) is 48.5 Å². The number of fused-ring (bicyclic) bond motifs is 2. The van der Waals surface area contributed by atoms with E-state index < -0.39 is 9.84 Å². The van der Waals surface area contributed by atoms with Crippen LogP contribution in [0.5, 0.6) is 0 Å². The molecule has 0 amide bonds. The van der Waals surface area contributed by atoms with E-state index in [0.717, 1.165) is 31.4 Å². The lowest BCUT2D eigenvalue weighted by Crippen LogP contribution is -2.35. The zero-order valence-electron chi connectivity index (χ0n) is 19.4. The maximum absolute atomic E-state index is 13.8. The Hall–Kier alpha value is -2.31. The van der Waals surface area contributed by atoms with Crippen molar-refractivity contribution in [2.75, 3.05) is 11.4 Å². The van der Waals surface area contributed by atoms with E-state index in [0.29, 0.717) is 22.4 Å². The van der Waals surface area contributed by atoms with Crippen LogP contribution in [0.2, 0.25) is 5.02 Å². The second-order valence-electron chi connectivity index (χ2n) is 10.8. The lowest BCUT2D eigenvalue weighted by Gasteiger charge is -2.39. The van der Waals surface area contributed by atoms with Crippen molar-refractivity contribution in [1.29, 1.82) is 0 Å².